The molecular formula is C27H25Cl2N3O3. The van der Waals surface area contributed by atoms with Gasteiger partial charge in [0.25, 0.3) is 0 Å². The van der Waals surface area contributed by atoms with E-state index in [0.717, 1.165) is 22.3 Å². The molecule has 35 heavy (non-hydrogen) atoms. The molecule has 1 amide bonds. The predicted octanol–water partition coefficient (Wildman–Crippen LogP) is 6.39. The maximum absolute atomic E-state index is 13.1. The number of carbonyl (C=O) groups excluding carboxylic acids is 1. The Bertz CT molecular complexity index is 1280. The molecule has 0 bridgehead atoms. The summed E-state index contributed by atoms with van der Waals surface area (Å²) in [5.74, 6) is 0.0926. The molecule has 1 unspecified atom stereocenters. The molecule has 0 spiro atoms. The molecule has 8 heteroatoms. The minimum Gasteiger partial charge on any atom is -0.444 e. The molecule has 2 aromatic carbocycles. The first-order valence-corrected chi connectivity index (χ1v) is 11.8. The molecule has 6 nitrogen and oxygen atoms in total. The van der Waals surface area contributed by atoms with Crippen molar-refractivity contribution in [1.82, 2.24) is 4.90 Å². The number of hydrogen-bond donors (Lipinski definition) is 1. The molecule has 2 aliphatic rings. The van der Waals surface area contributed by atoms with Crippen LogP contribution in [-0.4, -0.2) is 29.7 Å². The number of nitriles is 1. The Hall–Kier alpha value is -3.40. The van der Waals surface area contributed by atoms with Crippen LogP contribution in [0.3, 0.4) is 0 Å². The van der Waals surface area contributed by atoms with Crippen molar-refractivity contribution in [1.29, 1.82) is 5.26 Å². The van der Waals surface area contributed by atoms with Crippen LogP contribution in [0.4, 0.5) is 4.79 Å². The fourth-order valence-electron chi connectivity index (χ4n) is 4.12. The minimum absolute atomic E-state index is 0.0407. The van der Waals surface area contributed by atoms with Gasteiger partial charge in [-0.25, -0.2) is 4.79 Å². The maximum Gasteiger partial charge on any atom is 0.410 e. The Morgan fingerprint density at radius 2 is 1.71 bits per heavy atom. The van der Waals surface area contributed by atoms with Crippen molar-refractivity contribution in [2.75, 3.05) is 13.1 Å². The van der Waals surface area contributed by atoms with E-state index in [-0.39, 0.29) is 24.5 Å². The number of allylic oxidation sites excluding steroid dienone is 1. The summed E-state index contributed by atoms with van der Waals surface area (Å²) in [5.41, 5.74) is 9.03. The van der Waals surface area contributed by atoms with Gasteiger partial charge in [0, 0.05) is 21.2 Å². The van der Waals surface area contributed by atoms with Gasteiger partial charge in [0.05, 0.1) is 19.0 Å². The molecule has 2 aromatic rings. The highest BCUT2D eigenvalue weighted by Crippen LogP contribution is 2.44. The Kier molecular flexibility index (Phi) is 6.84. The second kappa shape index (κ2) is 9.69. The van der Waals surface area contributed by atoms with E-state index in [4.69, 9.17) is 38.4 Å². The maximum atomic E-state index is 13.1. The molecule has 4 rings (SSSR count). The number of halogens is 2. The van der Waals surface area contributed by atoms with Crippen molar-refractivity contribution in [3.8, 4) is 6.07 Å². The third-order valence-corrected chi connectivity index (χ3v) is 6.11. The molecule has 2 aliphatic heterocycles. The van der Waals surface area contributed by atoms with Crippen LogP contribution in [0.2, 0.25) is 10.0 Å². The van der Waals surface area contributed by atoms with E-state index < -0.39 is 17.6 Å². The zero-order valence-electron chi connectivity index (χ0n) is 19.6. The molecule has 180 valence electrons. The van der Waals surface area contributed by atoms with Gasteiger partial charge in [0.15, 0.2) is 0 Å². The number of carbonyl (C=O) groups is 1. The highest BCUT2D eigenvalue weighted by Gasteiger charge is 2.39. The topological polar surface area (TPSA) is 88.6 Å². The molecule has 0 fully saturated rings. The van der Waals surface area contributed by atoms with Gasteiger partial charge < -0.3 is 15.2 Å². The van der Waals surface area contributed by atoms with Gasteiger partial charge >= 0.3 is 6.09 Å². The molecule has 0 saturated carbocycles. The number of ether oxygens (including phenoxy) is 2. The normalized spacial score (nSPS) is 19.3. The van der Waals surface area contributed by atoms with Crippen LogP contribution in [-0.2, 0) is 9.47 Å². The second-order valence-electron chi connectivity index (χ2n) is 9.39. The Balaban J connectivity index is 1.86. The van der Waals surface area contributed by atoms with Crippen LogP contribution >= 0.6 is 23.2 Å². The van der Waals surface area contributed by atoms with Crippen LogP contribution in [0.1, 0.15) is 37.8 Å². The fourth-order valence-corrected chi connectivity index (χ4v) is 4.37. The molecule has 0 aliphatic carbocycles. The first-order valence-electron chi connectivity index (χ1n) is 11.1. The number of amides is 1. The van der Waals surface area contributed by atoms with Gasteiger partial charge in [0.1, 0.15) is 23.0 Å². The van der Waals surface area contributed by atoms with Crippen molar-refractivity contribution in [3.05, 3.63) is 98.1 Å². The van der Waals surface area contributed by atoms with Crippen LogP contribution in [0.15, 0.2) is 76.9 Å². The van der Waals surface area contributed by atoms with Gasteiger partial charge in [-0.1, -0.05) is 47.5 Å². The highest BCUT2D eigenvalue weighted by atomic mass is 35.5. The van der Waals surface area contributed by atoms with E-state index in [1.807, 2.05) is 51.1 Å². The lowest BCUT2D eigenvalue weighted by Gasteiger charge is -2.38. The van der Waals surface area contributed by atoms with Crippen LogP contribution in [0.25, 0.3) is 6.08 Å². The van der Waals surface area contributed by atoms with Crippen molar-refractivity contribution >= 4 is 35.4 Å². The van der Waals surface area contributed by atoms with E-state index >= 15 is 0 Å². The Morgan fingerprint density at radius 1 is 1.11 bits per heavy atom. The number of hydrogen-bond acceptors (Lipinski definition) is 5. The average molecular weight is 510 g/mol. The summed E-state index contributed by atoms with van der Waals surface area (Å²) < 4.78 is 11.7. The summed E-state index contributed by atoms with van der Waals surface area (Å²) in [6, 6.07) is 16.7. The van der Waals surface area contributed by atoms with Gasteiger partial charge in [-0.05, 0) is 62.2 Å². The monoisotopic (exact) mass is 509 g/mol. The van der Waals surface area contributed by atoms with E-state index in [2.05, 4.69) is 6.07 Å². The summed E-state index contributed by atoms with van der Waals surface area (Å²) in [6.45, 7) is 5.93. The van der Waals surface area contributed by atoms with E-state index in [1.165, 1.54) is 0 Å². The van der Waals surface area contributed by atoms with Gasteiger partial charge in [-0.15, -0.1) is 0 Å². The van der Waals surface area contributed by atoms with Crippen LogP contribution in [0, 0.1) is 11.3 Å². The van der Waals surface area contributed by atoms with E-state index in [1.54, 1.807) is 29.2 Å². The Labute approximate surface area is 214 Å². The summed E-state index contributed by atoms with van der Waals surface area (Å²) >= 11 is 12.2. The predicted molar refractivity (Wildman–Crippen MR) is 136 cm³/mol. The summed E-state index contributed by atoms with van der Waals surface area (Å²) in [7, 11) is 0. The van der Waals surface area contributed by atoms with E-state index in [9.17, 15) is 10.1 Å². The van der Waals surface area contributed by atoms with Gasteiger partial charge in [-0.3, -0.25) is 4.90 Å². The molecular weight excluding hydrogens is 485 g/mol. The number of nitrogens with two attached hydrogens (primary N) is 1. The smallest absolute Gasteiger partial charge is 0.410 e. The minimum atomic E-state index is -0.660. The number of nitrogens with zero attached hydrogens (tertiary/aromatic N) is 2. The molecule has 0 saturated heterocycles. The zero-order valence-corrected chi connectivity index (χ0v) is 21.2. The third kappa shape index (κ3) is 5.48. The SMILES string of the molecule is CC(C)(C)OC(=O)N1CC2=C(OC(N)=C(C#N)C2c2ccc(Cl)cc2)/C(=C\c2ccc(Cl)cc2)C1. The number of rotatable bonds is 2. The lowest BCUT2D eigenvalue weighted by molar-refractivity contribution is 0.0267. The quantitative estimate of drug-likeness (QED) is 0.506. The van der Waals surface area contributed by atoms with Crippen molar-refractivity contribution in [2.45, 2.75) is 32.3 Å². The zero-order chi connectivity index (χ0) is 25.3. The largest absolute Gasteiger partial charge is 0.444 e. The number of benzene rings is 2. The van der Waals surface area contributed by atoms with Gasteiger partial charge in [-0.2, -0.15) is 5.26 Å². The van der Waals surface area contributed by atoms with Crippen molar-refractivity contribution in [3.63, 3.8) is 0 Å². The third-order valence-electron chi connectivity index (χ3n) is 5.61. The summed E-state index contributed by atoms with van der Waals surface area (Å²) in [4.78, 5) is 14.7. The lowest BCUT2D eigenvalue weighted by Crippen LogP contribution is -2.43. The Morgan fingerprint density at radius 3 is 2.29 bits per heavy atom. The molecule has 2 N–H and O–H groups in total. The van der Waals surface area contributed by atoms with E-state index in [0.29, 0.717) is 15.8 Å². The molecule has 2 heterocycles. The summed E-state index contributed by atoms with van der Waals surface area (Å²) in [6.07, 6.45) is 1.47. The van der Waals surface area contributed by atoms with Crippen LogP contribution < -0.4 is 5.73 Å². The molecule has 0 radical (unpaired) electrons. The average Bonchev–Trinajstić information content (AvgIpc) is 2.79. The summed E-state index contributed by atoms with van der Waals surface area (Å²) in [5, 5.41) is 11.1. The lowest BCUT2D eigenvalue weighted by atomic mass is 9.80. The van der Waals surface area contributed by atoms with Crippen molar-refractivity contribution in [2.24, 2.45) is 5.73 Å². The van der Waals surface area contributed by atoms with Gasteiger partial charge in [0.2, 0.25) is 5.88 Å². The fraction of sp³-hybridized carbons (Fsp3) is 0.259. The highest BCUT2D eigenvalue weighted by molar-refractivity contribution is 6.30. The first-order chi connectivity index (χ1) is 16.6. The molecule has 1 atom stereocenters. The standard InChI is InChI=1S/C27H25Cl2N3O3/c1-27(2,3)35-26(33)32-14-18(12-16-4-8-19(28)9-5-16)24-22(15-32)23(21(13-30)25(31)34-24)17-6-10-20(29)11-7-17/h4-12,23H,14-15,31H2,1-3H3/b18-12-. The first kappa shape index (κ1) is 24.7. The van der Waals surface area contributed by atoms with Crippen molar-refractivity contribution < 1.29 is 14.3 Å². The molecule has 0 aromatic heterocycles. The second-order valence-corrected chi connectivity index (χ2v) is 10.3. The van der Waals surface area contributed by atoms with Crippen LogP contribution in [0.5, 0.6) is 0 Å².